The van der Waals surface area contributed by atoms with E-state index in [4.69, 9.17) is 0 Å². The number of nitrogens with one attached hydrogen (secondary N) is 1. The highest BCUT2D eigenvalue weighted by Gasteiger charge is 2.24. The number of carbonyl (C=O) groups is 4. The topological polar surface area (TPSA) is 80.3 Å². The van der Waals surface area contributed by atoms with Crippen LogP contribution >= 0.6 is 0 Å². The fourth-order valence-electron chi connectivity index (χ4n) is 5.44. The molecule has 0 fully saturated rings. The van der Waals surface area contributed by atoms with Gasteiger partial charge in [-0.3, -0.25) is 19.2 Å². The largest absolute Gasteiger partial charge is 0.352 e. The minimum absolute atomic E-state index is 0.00349. The Hall–Kier alpha value is -3.60. The third-order valence-electron chi connectivity index (χ3n) is 7.26. The van der Waals surface area contributed by atoms with Crippen molar-refractivity contribution in [2.24, 2.45) is 11.8 Å². The van der Waals surface area contributed by atoms with Gasteiger partial charge >= 0.3 is 0 Å². The predicted octanol–water partition coefficient (Wildman–Crippen LogP) is 7.23. The van der Waals surface area contributed by atoms with Gasteiger partial charge in [0.05, 0.1) is 0 Å². The molecule has 0 aliphatic carbocycles. The maximum Gasteiger partial charge on any atom is 0.220 e. The molecule has 0 unspecified atom stereocenters. The lowest BCUT2D eigenvalue weighted by Crippen LogP contribution is -2.41. The molecule has 5 heteroatoms. The first-order valence-electron chi connectivity index (χ1n) is 14.8. The summed E-state index contributed by atoms with van der Waals surface area (Å²) in [6.07, 6.45) is 3.28. The molecule has 0 radical (unpaired) electrons. The molecule has 218 valence electrons. The Kier molecular flexibility index (Phi) is 12.0. The molecule has 2 atom stereocenters. The van der Waals surface area contributed by atoms with Gasteiger partial charge in [-0.1, -0.05) is 79.7 Å². The van der Waals surface area contributed by atoms with Gasteiger partial charge in [-0.15, -0.1) is 0 Å². The molecule has 0 saturated heterocycles. The lowest BCUT2D eigenvalue weighted by Gasteiger charge is -2.23. The Morgan fingerprint density at radius 1 is 0.659 bits per heavy atom. The Morgan fingerprint density at radius 2 is 1.24 bits per heavy atom. The summed E-state index contributed by atoms with van der Waals surface area (Å²) in [4.78, 5) is 51.3. The van der Waals surface area contributed by atoms with Crippen LogP contribution in [0.15, 0.2) is 72.8 Å². The van der Waals surface area contributed by atoms with Gasteiger partial charge in [0.2, 0.25) is 5.91 Å². The molecule has 0 aliphatic rings. The van der Waals surface area contributed by atoms with Crippen molar-refractivity contribution in [1.82, 2.24) is 5.32 Å². The van der Waals surface area contributed by atoms with Crippen LogP contribution in [0, 0.1) is 11.8 Å². The van der Waals surface area contributed by atoms with Crippen LogP contribution < -0.4 is 5.32 Å². The summed E-state index contributed by atoms with van der Waals surface area (Å²) in [6, 6.07) is 24.2. The highest BCUT2D eigenvalue weighted by Crippen LogP contribution is 2.23. The van der Waals surface area contributed by atoms with Crippen LogP contribution in [-0.2, 0) is 32.0 Å². The van der Waals surface area contributed by atoms with Crippen molar-refractivity contribution < 1.29 is 19.2 Å². The van der Waals surface area contributed by atoms with Crippen LogP contribution in [0.5, 0.6) is 0 Å². The lowest BCUT2D eigenvalue weighted by molar-refractivity contribution is -0.125. The number of benzene rings is 3. The zero-order valence-electron chi connectivity index (χ0n) is 25.1. The molecule has 0 aliphatic heterocycles. The van der Waals surface area contributed by atoms with Gasteiger partial charge in [-0.05, 0) is 67.3 Å². The highest BCUT2D eigenvalue weighted by atomic mass is 16.2. The van der Waals surface area contributed by atoms with Gasteiger partial charge in [0, 0.05) is 50.5 Å². The first-order chi connectivity index (χ1) is 19.5. The Morgan fingerprint density at radius 3 is 1.98 bits per heavy atom. The number of fused-ring (bicyclic) bond motifs is 1. The van der Waals surface area contributed by atoms with Crippen LogP contribution in [0.25, 0.3) is 10.8 Å². The number of ketones is 3. The van der Waals surface area contributed by atoms with Gasteiger partial charge in [0.25, 0.3) is 0 Å². The van der Waals surface area contributed by atoms with Gasteiger partial charge in [0.1, 0.15) is 17.3 Å². The zero-order valence-corrected chi connectivity index (χ0v) is 25.1. The van der Waals surface area contributed by atoms with Crippen molar-refractivity contribution >= 4 is 34.0 Å². The predicted molar refractivity (Wildman–Crippen MR) is 166 cm³/mol. The standard InChI is InChI=1S/C36H45NO4/c1-26(21-31(38)20-18-30-15-10-14-29-13-8-9-16-34(29)30)22-33(40)24-28(25-35(41)37-36(2,3)4)23-32(39)19-17-27-11-6-5-7-12-27/h5-16,26,28H,17-25H2,1-4H3,(H,37,41)/t26-,28+/m0/s1. The van der Waals surface area contributed by atoms with E-state index in [-0.39, 0.29) is 66.3 Å². The van der Waals surface area contributed by atoms with Crippen LogP contribution in [0.3, 0.4) is 0 Å². The Balaban J connectivity index is 1.51. The van der Waals surface area contributed by atoms with E-state index in [2.05, 4.69) is 29.6 Å². The molecule has 0 spiro atoms. The van der Waals surface area contributed by atoms with Crippen molar-refractivity contribution in [2.45, 2.75) is 91.0 Å². The summed E-state index contributed by atoms with van der Waals surface area (Å²) in [5.74, 6) is -0.364. The summed E-state index contributed by atoms with van der Waals surface area (Å²) < 4.78 is 0. The molecule has 0 heterocycles. The van der Waals surface area contributed by atoms with Crippen LogP contribution in [0.1, 0.15) is 83.8 Å². The molecule has 3 aromatic carbocycles. The van der Waals surface area contributed by atoms with Crippen molar-refractivity contribution in [3.63, 3.8) is 0 Å². The molecular weight excluding hydrogens is 510 g/mol. The third kappa shape index (κ3) is 11.8. The summed E-state index contributed by atoms with van der Waals surface area (Å²) in [5, 5.41) is 5.29. The molecule has 0 saturated carbocycles. The summed E-state index contributed by atoms with van der Waals surface area (Å²) in [5.41, 5.74) is 1.87. The third-order valence-corrected chi connectivity index (χ3v) is 7.26. The lowest BCUT2D eigenvalue weighted by atomic mass is 9.87. The minimum atomic E-state index is -0.385. The van der Waals surface area contributed by atoms with Crippen molar-refractivity contribution in [2.75, 3.05) is 0 Å². The maximum absolute atomic E-state index is 13.0. The van der Waals surface area contributed by atoms with Crippen LogP contribution in [0.2, 0.25) is 0 Å². The Labute approximate surface area is 245 Å². The van der Waals surface area contributed by atoms with Gasteiger partial charge in [0.15, 0.2) is 0 Å². The van der Waals surface area contributed by atoms with Gasteiger partial charge < -0.3 is 5.32 Å². The summed E-state index contributed by atoms with van der Waals surface area (Å²) >= 11 is 0. The number of amides is 1. The van der Waals surface area contributed by atoms with Crippen molar-refractivity contribution in [1.29, 1.82) is 0 Å². The molecule has 5 nitrogen and oxygen atoms in total. The van der Waals surface area contributed by atoms with E-state index in [1.54, 1.807) is 0 Å². The zero-order chi connectivity index (χ0) is 29.8. The Bertz CT molecular complexity index is 1320. The number of Topliss-reactive ketones (excluding diaryl/α,β-unsaturated/α-hetero) is 3. The van der Waals surface area contributed by atoms with Crippen molar-refractivity contribution in [3.8, 4) is 0 Å². The summed E-state index contributed by atoms with van der Waals surface area (Å²) in [7, 11) is 0. The van der Waals surface area contributed by atoms with E-state index < -0.39 is 0 Å². The van der Waals surface area contributed by atoms with E-state index >= 15 is 0 Å². The van der Waals surface area contributed by atoms with Gasteiger partial charge in [-0.2, -0.15) is 0 Å². The molecular formula is C36H45NO4. The fraction of sp³-hybridized carbons (Fsp3) is 0.444. The second-order valence-corrected chi connectivity index (χ2v) is 12.5. The van der Waals surface area contributed by atoms with Crippen molar-refractivity contribution in [3.05, 3.63) is 83.9 Å². The first-order valence-corrected chi connectivity index (χ1v) is 14.8. The minimum Gasteiger partial charge on any atom is -0.352 e. The quantitative estimate of drug-likeness (QED) is 0.202. The van der Waals surface area contributed by atoms with E-state index in [1.807, 2.05) is 76.2 Å². The average Bonchev–Trinajstić information content (AvgIpc) is 2.90. The van der Waals surface area contributed by atoms with E-state index in [1.165, 1.54) is 10.8 Å². The fourth-order valence-corrected chi connectivity index (χ4v) is 5.44. The summed E-state index contributed by atoms with van der Waals surface area (Å²) in [6.45, 7) is 7.67. The van der Waals surface area contributed by atoms with Crippen LogP contribution in [0.4, 0.5) is 0 Å². The van der Waals surface area contributed by atoms with Gasteiger partial charge in [-0.25, -0.2) is 0 Å². The van der Waals surface area contributed by atoms with E-state index in [0.29, 0.717) is 32.1 Å². The number of aryl methyl sites for hydroxylation is 2. The first kappa shape index (κ1) is 31.9. The second kappa shape index (κ2) is 15.4. The highest BCUT2D eigenvalue weighted by molar-refractivity contribution is 5.87. The molecule has 3 rings (SSSR count). The molecule has 1 amide bonds. The smallest absolute Gasteiger partial charge is 0.220 e. The second-order valence-electron chi connectivity index (χ2n) is 12.5. The van der Waals surface area contributed by atoms with Crippen LogP contribution in [-0.4, -0.2) is 28.8 Å². The molecule has 0 bridgehead atoms. The molecule has 0 aromatic heterocycles. The van der Waals surface area contributed by atoms with E-state index in [0.717, 1.165) is 11.1 Å². The average molecular weight is 556 g/mol. The normalized spacial score (nSPS) is 13.0. The SMILES string of the molecule is C[C@@H](CC(=O)CCc1cccc2ccccc12)CC(=O)C[C@@H](CC(=O)CCc1ccccc1)CC(=O)NC(C)(C)C. The number of hydrogen-bond donors (Lipinski definition) is 1. The monoisotopic (exact) mass is 555 g/mol. The maximum atomic E-state index is 13.0. The molecule has 1 N–H and O–H groups in total. The molecule has 3 aromatic rings. The number of hydrogen-bond acceptors (Lipinski definition) is 4. The number of carbonyl (C=O) groups excluding carboxylic acids is 4. The number of rotatable bonds is 16. The van der Waals surface area contributed by atoms with E-state index in [9.17, 15) is 19.2 Å². The molecule has 41 heavy (non-hydrogen) atoms.